The summed E-state index contributed by atoms with van der Waals surface area (Å²) >= 11 is 0. The van der Waals surface area contributed by atoms with Gasteiger partial charge >= 0.3 is 0 Å². The van der Waals surface area contributed by atoms with Crippen LogP contribution in [0.4, 0.5) is 8.78 Å². The van der Waals surface area contributed by atoms with Gasteiger partial charge < -0.3 is 5.11 Å². The van der Waals surface area contributed by atoms with Crippen molar-refractivity contribution in [3.8, 4) is 5.75 Å². The molecule has 1 unspecified atom stereocenters. The van der Waals surface area contributed by atoms with Gasteiger partial charge in [0.05, 0.1) is 5.56 Å². The van der Waals surface area contributed by atoms with E-state index in [4.69, 9.17) is 0 Å². The zero-order chi connectivity index (χ0) is 17.1. The summed E-state index contributed by atoms with van der Waals surface area (Å²) in [6.45, 7) is 2.04. The third kappa shape index (κ3) is 3.79. The van der Waals surface area contributed by atoms with Gasteiger partial charge in [0.1, 0.15) is 17.4 Å². The minimum atomic E-state index is -0.669. The van der Waals surface area contributed by atoms with E-state index in [1.54, 1.807) is 12.1 Å². The molecule has 1 atom stereocenters. The second kappa shape index (κ2) is 7.09. The zero-order valence-electron chi connectivity index (χ0n) is 13.2. The summed E-state index contributed by atoms with van der Waals surface area (Å²) in [5, 5.41) is 9.33. The summed E-state index contributed by atoms with van der Waals surface area (Å²) in [5.41, 5.74) is 0.879. The maximum atomic E-state index is 13.8. The van der Waals surface area contributed by atoms with Crippen LogP contribution >= 0.6 is 0 Å². The zero-order valence-corrected chi connectivity index (χ0v) is 13.2. The minimum absolute atomic E-state index is 0.161. The molecule has 1 saturated heterocycles. The average molecular weight is 331 g/mol. The number of phenols is 1. The number of carbonyl (C=O) groups excluding carboxylic acids is 1. The van der Waals surface area contributed by atoms with E-state index in [9.17, 15) is 18.7 Å². The Hall–Kier alpha value is -2.27. The largest absolute Gasteiger partial charge is 0.508 e. The fourth-order valence-electron chi connectivity index (χ4n) is 3.18. The highest BCUT2D eigenvalue weighted by atomic mass is 19.1. The molecule has 1 heterocycles. The van der Waals surface area contributed by atoms with Crippen LogP contribution in [0.25, 0.3) is 0 Å². The van der Waals surface area contributed by atoms with E-state index in [1.165, 1.54) is 0 Å². The lowest BCUT2D eigenvalue weighted by Gasteiger charge is -2.32. The summed E-state index contributed by atoms with van der Waals surface area (Å²) in [5.74, 6) is -1.71. The molecule has 0 aliphatic carbocycles. The fraction of sp³-hybridized carbons (Fsp3) is 0.316. The van der Waals surface area contributed by atoms with Crippen molar-refractivity contribution in [1.29, 1.82) is 0 Å². The molecule has 1 N–H and O–H groups in total. The number of aromatic hydroxyl groups is 1. The van der Waals surface area contributed by atoms with Crippen LogP contribution in [-0.2, 0) is 6.54 Å². The van der Waals surface area contributed by atoms with E-state index >= 15 is 0 Å². The monoisotopic (exact) mass is 331 g/mol. The van der Waals surface area contributed by atoms with E-state index in [0.29, 0.717) is 19.5 Å². The van der Waals surface area contributed by atoms with E-state index in [1.807, 2.05) is 12.1 Å². The van der Waals surface area contributed by atoms with Crippen molar-refractivity contribution in [2.45, 2.75) is 19.4 Å². The number of hydrogen-bond acceptors (Lipinski definition) is 3. The first-order valence-corrected chi connectivity index (χ1v) is 8.02. The molecule has 1 aliphatic rings. The fourth-order valence-corrected chi connectivity index (χ4v) is 3.18. The van der Waals surface area contributed by atoms with E-state index in [2.05, 4.69) is 4.90 Å². The lowest BCUT2D eigenvalue weighted by atomic mass is 9.89. The van der Waals surface area contributed by atoms with Crippen molar-refractivity contribution in [1.82, 2.24) is 4.90 Å². The Bertz CT molecular complexity index is 731. The number of likely N-dealkylation sites (tertiary alicyclic amines) is 1. The maximum Gasteiger partial charge on any atom is 0.170 e. The Labute approximate surface area is 139 Å². The number of halogens is 2. The predicted octanol–water partition coefficient (Wildman–Crippen LogP) is 3.77. The van der Waals surface area contributed by atoms with Crippen molar-refractivity contribution in [2.75, 3.05) is 13.1 Å². The Kier molecular flexibility index (Phi) is 4.90. The number of phenolic OH excluding ortho intramolecular Hbond substituents is 1. The first kappa shape index (κ1) is 16.6. The van der Waals surface area contributed by atoms with Gasteiger partial charge in [0.2, 0.25) is 0 Å². The molecule has 3 rings (SSSR count). The summed E-state index contributed by atoms with van der Waals surface area (Å²) in [6.07, 6.45) is 1.52. The number of Topliss-reactive ketones (excluding diaryl/α,β-unsaturated/α-hetero) is 1. The highest BCUT2D eigenvalue weighted by molar-refractivity contribution is 5.98. The molecule has 0 spiro atoms. The molecule has 0 bridgehead atoms. The minimum Gasteiger partial charge on any atom is -0.508 e. The van der Waals surface area contributed by atoms with Gasteiger partial charge in [0.15, 0.2) is 5.78 Å². The quantitative estimate of drug-likeness (QED) is 0.867. The van der Waals surface area contributed by atoms with Gasteiger partial charge in [-0.25, -0.2) is 8.78 Å². The number of ketones is 1. The Balaban J connectivity index is 1.69. The number of rotatable bonds is 4. The van der Waals surface area contributed by atoms with Crippen LogP contribution in [0.1, 0.15) is 28.8 Å². The van der Waals surface area contributed by atoms with Gasteiger partial charge in [0.25, 0.3) is 0 Å². The van der Waals surface area contributed by atoms with E-state index in [-0.39, 0.29) is 23.0 Å². The molecule has 1 aliphatic heterocycles. The third-order valence-electron chi connectivity index (χ3n) is 4.41. The summed E-state index contributed by atoms with van der Waals surface area (Å²) < 4.78 is 27.2. The van der Waals surface area contributed by atoms with Gasteiger partial charge in [-0.15, -0.1) is 0 Å². The summed E-state index contributed by atoms with van der Waals surface area (Å²) in [7, 11) is 0. The summed E-state index contributed by atoms with van der Waals surface area (Å²) in [4.78, 5) is 14.7. The molecule has 126 valence electrons. The van der Waals surface area contributed by atoms with Crippen molar-refractivity contribution in [3.05, 3.63) is 65.2 Å². The Morgan fingerprint density at radius 2 is 1.92 bits per heavy atom. The van der Waals surface area contributed by atoms with Crippen LogP contribution in [0.5, 0.6) is 5.75 Å². The van der Waals surface area contributed by atoms with Gasteiger partial charge in [-0.05, 0) is 55.3 Å². The first-order valence-electron chi connectivity index (χ1n) is 8.02. The molecule has 5 heteroatoms. The number of nitrogens with zero attached hydrogens (tertiary/aromatic N) is 1. The van der Waals surface area contributed by atoms with Crippen LogP contribution in [0.3, 0.4) is 0 Å². The van der Waals surface area contributed by atoms with Crippen LogP contribution in [0, 0.1) is 17.6 Å². The second-order valence-electron chi connectivity index (χ2n) is 6.23. The Morgan fingerprint density at radius 1 is 1.17 bits per heavy atom. The van der Waals surface area contributed by atoms with Crippen molar-refractivity contribution in [2.24, 2.45) is 5.92 Å². The molecular formula is C19H19F2NO2. The molecule has 1 fully saturated rings. The molecule has 0 saturated carbocycles. The molecule has 0 radical (unpaired) electrons. The van der Waals surface area contributed by atoms with Crippen molar-refractivity contribution < 1.29 is 18.7 Å². The molecule has 3 nitrogen and oxygen atoms in total. The number of piperidine rings is 1. The van der Waals surface area contributed by atoms with Crippen LogP contribution < -0.4 is 0 Å². The normalized spacial score (nSPS) is 18.5. The summed E-state index contributed by atoms with van der Waals surface area (Å²) in [6, 6.07) is 9.94. The third-order valence-corrected chi connectivity index (χ3v) is 4.41. The lowest BCUT2D eigenvalue weighted by Crippen LogP contribution is -2.38. The molecule has 0 amide bonds. The van der Waals surface area contributed by atoms with Crippen LogP contribution in [-0.4, -0.2) is 28.9 Å². The molecule has 0 aromatic heterocycles. The standard InChI is InChI=1S/C19H19F2NO2/c20-15-5-8-18(21)17(10-15)19(24)14-2-1-9-22(12-14)11-13-3-6-16(23)7-4-13/h3-8,10,14,23H,1-2,9,11-12H2. The van der Waals surface area contributed by atoms with Crippen molar-refractivity contribution >= 4 is 5.78 Å². The average Bonchev–Trinajstić information content (AvgIpc) is 2.59. The highest BCUT2D eigenvalue weighted by Crippen LogP contribution is 2.24. The number of benzene rings is 2. The van der Waals surface area contributed by atoms with Crippen LogP contribution in [0.15, 0.2) is 42.5 Å². The lowest BCUT2D eigenvalue weighted by molar-refractivity contribution is 0.0807. The smallest absolute Gasteiger partial charge is 0.170 e. The molecular weight excluding hydrogens is 312 g/mol. The predicted molar refractivity (Wildman–Crippen MR) is 86.8 cm³/mol. The van der Waals surface area contributed by atoms with E-state index in [0.717, 1.165) is 36.7 Å². The van der Waals surface area contributed by atoms with Gasteiger partial charge in [-0.3, -0.25) is 9.69 Å². The van der Waals surface area contributed by atoms with E-state index < -0.39 is 11.6 Å². The van der Waals surface area contributed by atoms with Crippen LogP contribution in [0.2, 0.25) is 0 Å². The molecule has 2 aromatic carbocycles. The van der Waals surface area contributed by atoms with Crippen molar-refractivity contribution in [3.63, 3.8) is 0 Å². The number of carbonyl (C=O) groups is 1. The molecule has 2 aromatic rings. The van der Waals surface area contributed by atoms with Gasteiger partial charge in [-0.1, -0.05) is 12.1 Å². The molecule has 24 heavy (non-hydrogen) atoms. The first-order chi connectivity index (χ1) is 11.5. The number of hydrogen-bond donors (Lipinski definition) is 1. The Morgan fingerprint density at radius 3 is 2.67 bits per heavy atom. The topological polar surface area (TPSA) is 40.5 Å². The SMILES string of the molecule is O=C(c1cc(F)ccc1F)C1CCCN(Cc2ccc(O)cc2)C1. The van der Waals surface area contributed by atoms with Gasteiger partial charge in [0, 0.05) is 19.0 Å². The highest BCUT2D eigenvalue weighted by Gasteiger charge is 2.28. The second-order valence-corrected chi connectivity index (χ2v) is 6.23. The maximum absolute atomic E-state index is 13.8. The van der Waals surface area contributed by atoms with Gasteiger partial charge in [-0.2, -0.15) is 0 Å².